The Morgan fingerprint density at radius 3 is 2.67 bits per heavy atom. The van der Waals surface area contributed by atoms with Crippen LogP contribution in [0.25, 0.3) is 0 Å². The van der Waals surface area contributed by atoms with Gasteiger partial charge < -0.3 is 20.3 Å². The first-order chi connectivity index (χ1) is 8.69. The molecule has 1 aliphatic rings. The van der Waals surface area contributed by atoms with E-state index in [9.17, 15) is 10.2 Å². The lowest BCUT2D eigenvalue weighted by molar-refractivity contribution is 0.116. The molecule has 1 aromatic rings. The maximum absolute atomic E-state index is 9.77. The van der Waals surface area contributed by atoms with Crippen LogP contribution >= 0.6 is 0 Å². The molecule has 0 aliphatic heterocycles. The summed E-state index contributed by atoms with van der Waals surface area (Å²) in [5.74, 6) is 1.04. The molecule has 0 radical (unpaired) electrons. The Morgan fingerprint density at radius 2 is 2.00 bits per heavy atom. The summed E-state index contributed by atoms with van der Waals surface area (Å²) in [5, 5.41) is 22.6. The standard InChI is InChI=1S/C14H21NO3/c1-18-13-6-7-14(17)10(8-13)9-15-11-2-4-12(16)5-3-11/h6-8,11-12,15-17H,2-5,9H2,1H3. The molecular formula is C14H21NO3. The van der Waals surface area contributed by atoms with Crippen molar-refractivity contribution in [3.05, 3.63) is 23.8 Å². The topological polar surface area (TPSA) is 61.7 Å². The first kappa shape index (κ1) is 13.2. The highest BCUT2D eigenvalue weighted by Crippen LogP contribution is 2.24. The Kier molecular flexibility index (Phi) is 4.44. The second kappa shape index (κ2) is 6.07. The molecule has 2 rings (SSSR count). The average Bonchev–Trinajstić information content (AvgIpc) is 2.40. The molecule has 18 heavy (non-hydrogen) atoms. The van der Waals surface area contributed by atoms with Crippen molar-refractivity contribution in [3.8, 4) is 11.5 Å². The fourth-order valence-electron chi connectivity index (χ4n) is 2.36. The summed E-state index contributed by atoms with van der Waals surface area (Å²) in [4.78, 5) is 0. The molecule has 1 aliphatic carbocycles. The third-order valence-corrected chi connectivity index (χ3v) is 3.56. The van der Waals surface area contributed by atoms with E-state index < -0.39 is 0 Å². The summed E-state index contributed by atoms with van der Waals surface area (Å²) >= 11 is 0. The van der Waals surface area contributed by atoms with Crippen molar-refractivity contribution in [3.63, 3.8) is 0 Å². The second-order valence-electron chi connectivity index (χ2n) is 4.88. The maximum atomic E-state index is 9.77. The van der Waals surface area contributed by atoms with E-state index in [4.69, 9.17) is 4.74 Å². The third kappa shape index (κ3) is 3.37. The molecule has 100 valence electrons. The lowest BCUT2D eigenvalue weighted by Gasteiger charge is -2.26. The highest BCUT2D eigenvalue weighted by molar-refractivity contribution is 5.39. The van der Waals surface area contributed by atoms with Crippen molar-refractivity contribution < 1.29 is 14.9 Å². The number of methoxy groups -OCH3 is 1. The van der Waals surface area contributed by atoms with Gasteiger partial charge in [0.05, 0.1) is 13.2 Å². The Hall–Kier alpha value is -1.26. The molecule has 1 aromatic carbocycles. The van der Waals surface area contributed by atoms with Crippen LogP contribution in [0.3, 0.4) is 0 Å². The van der Waals surface area contributed by atoms with Crippen molar-refractivity contribution in [2.45, 2.75) is 44.4 Å². The lowest BCUT2D eigenvalue weighted by atomic mass is 9.93. The fraction of sp³-hybridized carbons (Fsp3) is 0.571. The van der Waals surface area contributed by atoms with E-state index in [-0.39, 0.29) is 6.10 Å². The number of phenolic OH excluding ortho intramolecular Hbond substituents is 1. The molecule has 0 unspecified atom stereocenters. The normalized spacial score (nSPS) is 23.9. The molecule has 1 saturated carbocycles. The van der Waals surface area contributed by atoms with Crippen LogP contribution in [0.5, 0.6) is 11.5 Å². The molecule has 0 amide bonds. The number of hydrogen-bond acceptors (Lipinski definition) is 4. The van der Waals surface area contributed by atoms with Crippen molar-refractivity contribution in [2.75, 3.05) is 7.11 Å². The van der Waals surface area contributed by atoms with Gasteiger partial charge in [0.15, 0.2) is 0 Å². The number of hydrogen-bond donors (Lipinski definition) is 3. The van der Waals surface area contributed by atoms with Crippen LogP contribution in [0.15, 0.2) is 18.2 Å². The van der Waals surface area contributed by atoms with Gasteiger partial charge in [-0.2, -0.15) is 0 Å². The minimum atomic E-state index is -0.131. The second-order valence-corrected chi connectivity index (χ2v) is 4.88. The number of benzene rings is 1. The van der Waals surface area contributed by atoms with Gasteiger partial charge in [-0.15, -0.1) is 0 Å². The quantitative estimate of drug-likeness (QED) is 0.763. The zero-order valence-corrected chi connectivity index (χ0v) is 10.7. The van der Waals surface area contributed by atoms with Gasteiger partial charge in [0.2, 0.25) is 0 Å². The van der Waals surface area contributed by atoms with Crippen LogP contribution in [-0.2, 0) is 6.54 Å². The van der Waals surface area contributed by atoms with Crippen LogP contribution < -0.4 is 10.1 Å². The van der Waals surface area contributed by atoms with E-state index >= 15 is 0 Å². The smallest absolute Gasteiger partial charge is 0.120 e. The highest BCUT2D eigenvalue weighted by atomic mass is 16.5. The Labute approximate surface area is 108 Å². The number of aliphatic hydroxyl groups is 1. The Balaban J connectivity index is 1.89. The van der Waals surface area contributed by atoms with Gasteiger partial charge in [0.1, 0.15) is 11.5 Å². The first-order valence-corrected chi connectivity index (χ1v) is 6.46. The van der Waals surface area contributed by atoms with E-state index in [0.29, 0.717) is 18.3 Å². The van der Waals surface area contributed by atoms with Crippen LogP contribution in [0.1, 0.15) is 31.2 Å². The Bertz CT molecular complexity index is 387. The largest absolute Gasteiger partial charge is 0.508 e. The Morgan fingerprint density at radius 1 is 1.28 bits per heavy atom. The molecule has 0 atom stereocenters. The number of nitrogens with one attached hydrogen (secondary N) is 1. The lowest BCUT2D eigenvalue weighted by Crippen LogP contribution is -2.34. The summed E-state index contributed by atoms with van der Waals surface area (Å²) < 4.78 is 5.14. The van der Waals surface area contributed by atoms with E-state index in [1.165, 1.54) is 0 Å². The fourth-order valence-corrected chi connectivity index (χ4v) is 2.36. The predicted molar refractivity (Wildman–Crippen MR) is 69.8 cm³/mol. The van der Waals surface area contributed by atoms with E-state index in [1.807, 2.05) is 6.07 Å². The van der Waals surface area contributed by atoms with E-state index in [0.717, 1.165) is 37.0 Å². The summed E-state index contributed by atoms with van der Waals surface area (Å²) in [6.45, 7) is 0.629. The number of ether oxygens (including phenoxy) is 1. The SMILES string of the molecule is COc1ccc(O)c(CNC2CCC(O)CC2)c1. The summed E-state index contributed by atoms with van der Waals surface area (Å²) in [7, 11) is 1.62. The molecule has 1 fully saturated rings. The number of aromatic hydroxyl groups is 1. The van der Waals surface area contributed by atoms with Gasteiger partial charge in [-0.3, -0.25) is 0 Å². The van der Waals surface area contributed by atoms with Gasteiger partial charge in [-0.1, -0.05) is 0 Å². The van der Waals surface area contributed by atoms with Crippen molar-refractivity contribution in [1.82, 2.24) is 5.32 Å². The molecule has 4 nitrogen and oxygen atoms in total. The number of phenols is 1. The molecule has 3 N–H and O–H groups in total. The zero-order chi connectivity index (χ0) is 13.0. The summed E-state index contributed by atoms with van der Waals surface area (Å²) in [6.07, 6.45) is 3.58. The molecular weight excluding hydrogens is 230 g/mol. The van der Waals surface area contributed by atoms with Gasteiger partial charge in [-0.25, -0.2) is 0 Å². The number of aliphatic hydroxyl groups excluding tert-OH is 1. The molecule has 4 heteroatoms. The minimum absolute atomic E-state index is 0.131. The van der Waals surface area contributed by atoms with Gasteiger partial charge >= 0.3 is 0 Å². The highest BCUT2D eigenvalue weighted by Gasteiger charge is 2.19. The van der Waals surface area contributed by atoms with Crippen LogP contribution in [0.2, 0.25) is 0 Å². The first-order valence-electron chi connectivity index (χ1n) is 6.46. The van der Waals surface area contributed by atoms with Crippen LogP contribution in [0.4, 0.5) is 0 Å². The minimum Gasteiger partial charge on any atom is -0.508 e. The molecule has 0 bridgehead atoms. The monoisotopic (exact) mass is 251 g/mol. The van der Waals surface area contributed by atoms with Crippen molar-refractivity contribution >= 4 is 0 Å². The van der Waals surface area contributed by atoms with Crippen molar-refractivity contribution in [2.24, 2.45) is 0 Å². The zero-order valence-electron chi connectivity index (χ0n) is 10.7. The molecule has 0 heterocycles. The van der Waals surface area contributed by atoms with Gasteiger partial charge in [0, 0.05) is 18.2 Å². The molecule has 0 saturated heterocycles. The summed E-state index contributed by atoms with van der Waals surface area (Å²) in [6, 6.07) is 5.68. The van der Waals surface area contributed by atoms with E-state index in [1.54, 1.807) is 19.2 Å². The van der Waals surface area contributed by atoms with Gasteiger partial charge in [0.25, 0.3) is 0 Å². The molecule has 0 aromatic heterocycles. The predicted octanol–water partition coefficient (Wildman–Crippen LogP) is 1.79. The van der Waals surface area contributed by atoms with Crippen LogP contribution in [0, 0.1) is 0 Å². The van der Waals surface area contributed by atoms with Gasteiger partial charge in [-0.05, 0) is 43.9 Å². The average molecular weight is 251 g/mol. The van der Waals surface area contributed by atoms with Crippen molar-refractivity contribution in [1.29, 1.82) is 0 Å². The third-order valence-electron chi connectivity index (χ3n) is 3.56. The summed E-state index contributed by atoms with van der Waals surface area (Å²) in [5.41, 5.74) is 0.848. The van der Waals surface area contributed by atoms with E-state index in [2.05, 4.69) is 5.32 Å². The maximum Gasteiger partial charge on any atom is 0.120 e. The molecule has 0 spiro atoms. The number of rotatable bonds is 4. The van der Waals surface area contributed by atoms with Crippen LogP contribution in [-0.4, -0.2) is 29.5 Å².